The summed E-state index contributed by atoms with van der Waals surface area (Å²) in [4.78, 5) is 11.8. The molecule has 0 bridgehead atoms. The minimum absolute atomic E-state index is 0.201. The molecule has 0 aromatic rings. The lowest BCUT2D eigenvalue weighted by Gasteiger charge is -2.14. The van der Waals surface area contributed by atoms with Crippen LogP contribution >= 0.6 is 11.8 Å². The van der Waals surface area contributed by atoms with E-state index in [-0.39, 0.29) is 6.04 Å². The highest BCUT2D eigenvalue weighted by Crippen LogP contribution is 2.19. The van der Waals surface area contributed by atoms with Gasteiger partial charge in [-0.05, 0) is 6.92 Å². The molecule has 0 saturated carbocycles. The molecule has 52 valence electrons. The van der Waals surface area contributed by atoms with Crippen LogP contribution in [0.1, 0.15) is 6.92 Å². The number of rotatable bonds is 0. The molecule has 1 unspecified atom stereocenters. The summed E-state index contributed by atoms with van der Waals surface area (Å²) in [6.45, 7) is 1.92. The summed E-state index contributed by atoms with van der Waals surface area (Å²) in [6, 6.07) is 0.201. The van der Waals surface area contributed by atoms with E-state index < -0.39 is 6.09 Å². The number of carboxylic acid groups (broad SMARTS) is 1. The van der Waals surface area contributed by atoms with Gasteiger partial charge in [-0.25, -0.2) is 4.79 Å². The average Bonchev–Trinajstić information content (AvgIpc) is 2.13. The molecule has 0 radical (unpaired) electrons. The van der Waals surface area contributed by atoms with Gasteiger partial charge >= 0.3 is 6.09 Å². The first-order chi connectivity index (χ1) is 4.22. The summed E-state index contributed by atoms with van der Waals surface area (Å²) in [5.74, 6) is 1.57. The first-order valence-corrected chi connectivity index (χ1v) is 3.94. The van der Waals surface area contributed by atoms with Crippen molar-refractivity contribution in [2.24, 2.45) is 0 Å². The van der Waals surface area contributed by atoms with E-state index in [1.807, 2.05) is 6.92 Å². The molecule has 1 saturated heterocycles. The fourth-order valence-corrected chi connectivity index (χ4v) is 1.97. The molecule has 0 aromatic carbocycles. The zero-order valence-electron chi connectivity index (χ0n) is 5.20. The van der Waals surface area contributed by atoms with Gasteiger partial charge in [-0.1, -0.05) is 0 Å². The summed E-state index contributed by atoms with van der Waals surface area (Å²) in [6.07, 6.45) is -0.799. The van der Waals surface area contributed by atoms with Crippen LogP contribution in [0.4, 0.5) is 4.79 Å². The van der Waals surface area contributed by atoms with Gasteiger partial charge in [0.15, 0.2) is 0 Å². The van der Waals surface area contributed by atoms with Crippen molar-refractivity contribution in [2.75, 3.05) is 11.6 Å². The van der Waals surface area contributed by atoms with Crippen LogP contribution in [-0.4, -0.2) is 33.8 Å². The molecule has 0 aliphatic carbocycles. The minimum atomic E-state index is -0.799. The van der Waals surface area contributed by atoms with Crippen molar-refractivity contribution in [2.45, 2.75) is 13.0 Å². The largest absolute Gasteiger partial charge is 0.465 e. The van der Waals surface area contributed by atoms with E-state index in [0.29, 0.717) is 5.88 Å². The summed E-state index contributed by atoms with van der Waals surface area (Å²) < 4.78 is 0. The third-order valence-corrected chi connectivity index (χ3v) is 2.55. The second-order valence-corrected chi connectivity index (χ2v) is 3.10. The van der Waals surface area contributed by atoms with Gasteiger partial charge in [0, 0.05) is 11.8 Å². The van der Waals surface area contributed by atoms with Gasteiger partial charge in [0.2, 0.25) is 0 Å². The predicted molar refractivity (Wildman–Crippen MR) is 36.7 cm³/mol. The smallest absolute Gasteiger partial charge is 0.408 e. The predicted octanol–water partition coefficient (Wildman–Crippen LogP) is 1.06. The Morgan fingerprint density at radius 1 is 1.89 bits per heavy atom. The highest BCUT2D eigenvalue weighted by molar-refractivity contribution is 7.99. The highest BCUT2D eigenvalue weighted by atomic mass is 32.2. The van der Waals surface area contributed by atoms with Crippen molar-refractivity contribution in [1.29, 1.82) is 0 Å². The van der Waals surface area contributed by atoms with Crippen molar-refractivity contribution in [1.82, 2.24) is 4.90 Å². The van der Waals surface area contributed by atoms with Gasteiger partial charge in [-0.3, -0.25) is 4.90 Å². The van der Waals surface area contributed by atoms with Crippen molar-refractivity contribution in [3.8, 4) is 0 Å². The molecule has 3 nitrogen and oxygen atoms in total. The number of hydrogen-bond donors (Lipinski definition) is 1. The Balaban J connectivity index is 2.49. The summed E-state index contributed by atoms with van der Waals surface area (Å²) in [7, 11) is 0. The lowest BCUT2D eigenvalue weighted by Crippen LogP contribution is -2.32. The molecular formula is C5H9NO2S. The van der Waals surface area contributed by atoms with Gasteiger partial charge in [0.1, 0.15) is 0 Å². The standard InChI is InChI=1S/C5H9NO2S/c1-4-2-9-3-6(4)5(7)8/h4H,2-3H2,1H3,(H,7,8). The molecule has 1 aliphatic rings. The van der Waals surface area contributed by atoms with Crippen LogP contribution < -0.4 is 0 Å². The van der Waals surface area contributed by atoms with Crippen LogP contribution in [-0.2, 0) is 0 Å². The Morgan fingerprint density at radius 2 is 2.56 bits per heavy atom. The number of hydrogen-bond acceptors (Lipinski definition) is 2. The third kappa shape index (κ3) is 1.30. The first-order valence-electron chi connectivity index (χ1n) is 2.79. The Morgan fingerprint density at radius 3 is 2.78 bits per heavy atom. The molecule has 1 aliphatic heterocycles. The third-order valence-electron chi connectivity index (χ3n) is 1.37. The average molecular weight is 147 g/mol. The SMILES string of the molecule is CC1CSCN1C(=O)O. The topological polar surface area (TPSA) is 40.5 Å². The van der Waals surface area contributed by atoms with Crippen LogP contribution in [0.2, 0.25) is 0 Å². The maximum Gasteiger partial charge on any atom is 0.408 e. The molecule has 1 amide bonds. The van der Waals surface area contributed by atoms with Gasteiger partial charge in [0.05, 0.1) is 5.88 Å². The molecule has 1 rings (SSSR count). The quantitative estimate of drug-likeness (QED) is 0.557. The normalized spacial score (nSPS) is 26.8. The van der Waals surface area contributed by atoms with E-state index in [2.05, 4.69) is 0 Å². The maximum absolute atomic E-state index is 10.3. The molecule has 0 aromatic heterocycles. The second-order valence-electron chi connectivity index (χ2n) is 2.10. The van der Waals surface area contributed by atoms with Crippen LogP contribution in [0.3, 0.4) is 0 Å². The van der Waals surface area contributed by atoms with Gasteiger partial charge in [-0.15, -0.1) is 11.8 Å². The van der Waals surface area contributed by atoms with Crippen LogP contribution in [0.5, 0.6) is 0 Å². The second kappa shape index (κ2) is 2.47. The molecular weight excluding hydrogens is 138 g/mol. The number of thioether (sulfide) groups is 1. The zero-order chi connectivity index (χ0) is 6.85. The molecule has 0 spiro atoms. The van der Waals surface area contributed by atoms with E-state index in [1.54, 1.807) is 11.8 Å². The van der Waals surface area contributed by atoms with E-state index in [1.165, 1.54) is 4.90 Å². The van der Waals surface area contributed by atoms with Gasteiger partial charge in [0.25, 0.3) is 0 Å². The monoisotopic (exact) mass is 147 g/mol. The number of amides is 1. The fraction of sp³-hybridized carbons (Fsp3) is 0.800. The Bertz CT molecular complexity index is 128. The van der Waals surface area contributed by atoms with Gasteiger partial charge < -0.3 is 5.11 Å². The lowest BCUT2D eigenvalue weighted by atomic mass is 10.4. The van der Waals surface area contributed by atoms with E-state index >= 15 is 0 Å². The summed E-state index contributed by atoms with van der Waals surface area (Å²) in [5, 5.41) is 8.50. The fourth-order valence-electron chi connectivity index (χ4n) is 0.783. The lowest BCUT2D eigenvalue weighted by molar-refractivity contribution is 0.146. The molecule has 1 fully saturated rings. The molecule has 1 atom stereocenters. The minimum Gasteiger partial charge on any atom is -0.465 e. The molecule has 1 N–H and O–H groups in total. The molecule has 4 heteroatoms. The van der Waals surface area contributed by atoms with Crippen molar-refractivity contribution < 1.29 is 9.90 Å². The summed E-state index contributed by atoms with van der Waals surface area (Å²) in [5.41, 5.74) is 0. The van der Waals surface area contributed by atoms with Crippen molar-refractivity contribution in [3.63, 3.8) is 0 Å². The van der Waals surface area contributed by atoms with Crippen LogP contribution in [0.15, 0.2) is 0 Å². The van der Waals surface area contributed by atoms with Crippen LogP contribution in [0.25, 0.3) is 0 Å². The van der Waals surface area contributed by atoms with E-state index in [9.17, 15) is 4.79 Å². The molecule has 1 heterocycles. The Labute approximate surface area is 58.0 Å². The number of nitrogens with zero attached hydrogens (tertiary/aromatic N) is 1. The Hall–Kier alpha value is -0.380. The molecule has 9 heavy (non-hydrogen) atoms. The summed E-state index contributed by atoms with van der Waals surface area (Å²) >= 11 is 1.66. The maximum atomic E-state index is 10.3. The Kier molecular flexibility index (Phi) is 1.85. The van der Waals surface area contributed by atoms with Crippen molar-refractivity contribution >= 4 is 17.9 Å². The zero-order valence-corrected chi connectivity index (χ0v) is 6.02. The van der Waals surface area contributed by atoms with Crippen molar-refractivity contribution in [3.05, 3.63) is 0 Å². The first kappa shape index (κ1) is 6.74. The number of carbonyl (C=O) groups is 1. The van der Waals surface area contributed by atoms with E-state index in [0.717, 1.165) is 5.75 Å². The van der Waals surface area contributed by atoms with Gasteiger partial charge in [-0.2, -0.15) is 0 Å². The van der Waals surface area contributed by atoms with Crippen LogP contribution in [0, 0.1) is 0 Å². The highest BCUT2D eigenvalue weighted by Gasteiger charge is 2.24. The van der Waals surface area contributed by atoms with E-state index in [4.69, 9.17) is 5.11 Å².